The molecule has 110 valence electrons. The smallest absolute Gasteiger partial charge is 0.184 e. The third-order valence-corrected chi connectivity index (χ3v) is 4.42. The average Bonchev–Trinajstić information content (AvgIpc) is 3.09. The Morgan fingerprint density at radius 1 is 1.27 bits per heavy atom. The van der Waals surface area contributed by atoms with Gasteiger partial charge in [0.1, 0.15) is 11.2 Å². The summed E-state index contributed by atoms with van der Waals surface area (Å²) >= 11 is 0. The minimum absolute atomic E-state index is 0.124. The second-order valence-electron chi connectivity index (χ2n) is 5.81. The van der Waals surface area contributed by atoms with Crippen molar-refractivity contribution in [2.75, 3.05) is 0 Å². The highest BCUT2D eigenvalue weighted by molar-refractivity contribution is 6.03. The van der Waals surface area contributed by atoms with E-state index in [0.717, 1.165) is 0 Å². The molecule has 1 aliphatic rings. The van der Waals surface area contributed by atoms with E-state index < -0.39 is 5.41 Å². The van der Waals surface area contributed by atoms with Crippen molar-refractivity contribution in [3.05, 3.63) is 71.7 Å². The van der Waals surface area contributed by atoms with Crippen LogP contribution in [0.4, 0.5) is 0 Å². The molecule has 1 aromatic heterocycles. The topological polar surface area (TPSA) is 54.0 Å². The standard InChI is InChI=1S/C19H17NO2/c1-14-9-10-19(13-20,16(12-14)17-8-5-11-22-17)18(21)15-6-3-2-4-7-15/h2-9,11,16H,10,12H2,1H3/t16-,19-/m1/s1. The van der Waals surface area contributed by atoms with Crippen LogP contribution < -0.4 is 0 Å². The molecule has 0 spiro atoms. The normalized spacial score (nSPS) is 24.4. The highest BCUT2D eigenvalue weighted by Gasteiger charge is 2.49. The number of allylic oxidation sites excluding steroid dienone is 2. The van der Waals surface area contributed by atoms with E-state index >= 15 is 0 Å². The Balaban J connectivity index is 2.10. The average molecular weight is 291 g/mol. The van der Waals surface area contributed by atoms with E-state index in [-0.39, 0.29) is 11.7 Å². The zero-order chi connectivity index (χ0) is 15.6. The van der Waals surface area contributed by atoms with Gasteiger partial charge in [0.05, 0.1) is 12.3 Å². The van der Waals surface area contributed by atoms with Crippen LogP contribution in [0.25, 0.3) is 0 Å². The van der Waals surface area contributed by atoms with Crippen molar-refractivity contribution in [3.63, 3.8) is 0 Å². The Kier molecular flexibility index (Phi) is 3.68. The van der Waals surface area contributed by atoms with Crippen LogP contribution in [-0.4, -0.2) is 5.78 Å². The van der Waals surface area contributed by atoms with E-state index in [1.54, 1.807) is 24.5 Å². The SMILES string of the molecule is CC1=CC[C@](C#N)(C(=O)c2ccccc2)[C@@H](c2ccco2)C1. The number of ketones is 1. The third kappa shape index (κ3) is 2.27. The van der Waals surface area contributed by atoms with Crippen LogP contribution in [0.15, 0.2) is 64.8 Å². The molecule has 0 saturated carbocycles. The molecule has 22 heavy (non-hydrogen) atoms. The predicted octanol–water partition coefficient (Wildman–Crippen LogP) is 4.50. The monoisotopic (exact) mass is 291 g/mol. The summed E-state index contributed by atoms with van der Waals surface area (Å²) in [4.78, 5) is 13.1. The molecule has 3 heteroatoms. The van der Waals surface area contributed by atoms with Crippen LogP contribution in [0.5, 0.6) is 0 Å². The van der Waals surface area contributed by atoms with Gasteiger partial charge in [-0.05, 0) is 31.9 Å². The molecule has 0 N–H and O–H groups in total. The molecule has 0 aliphatic heterocycles. The highest BCUT2D eigenvalue weighted by atomic mass is 16.3. The Morgan fingerprint density at radius 3 is 2.68 bits per heavy atom. The number of hydrogen-bond donors (Lipinski definition) is 0. The van der Waals surface area contributed by atoms with Crippen LogP contribution in [-0.2, 0) is 0 Å². The van der Waals surface area contributed by atoms with Gasteiger partial charge < -0.3 is 4.42 Å². The summed E-state index contributed by atoms with van der Waals surface area (Å²) in [6, 6.07) is 15.0. The maximum atomic E-state index is 13.1. The lowest BCUT2D eigenvalue weighted by molar-refractivity contribution is 0.0808. The number of carbonyl (C=O) groups is 1. The Bertz CT molecular complexity index is 737. The third-order valence-electron chi connectivity index (χ3n) is 4.42. The first-order chi connectivity index (χ1) is 10.7. The van der Waals surface area contributed by atoms with E-state index in [2.05, 4.69) is 6.07 Å². The molecular weight excluding hydrogens is 274 g/mol. The van der Waals surface area contributed by atoms with E-state index in [4.69, 9.17) is 4.42 Å². The molecule has 0 bridgehead atoms. The molecule has 2 aromatic rings. The first-order valence-corrected chi connectivity index (χ1v) is 7.37. The zero-order valence-electron chi connectivity index (χ0n) is 12.5. The highest BCUT2D eigenvalue weighted by Crippen LogP contribution is 2.48. The van der Waals surface area contributed by atoms with Gasteiger partial charge >= 0.3 is 0 Å². The number of benzene rings is 1. The molecule has 2 atom stereocenters. The van der Waals surface area contributed by atoms with Crippen molar-refractivity contribution in [1.82, 2.24) is 0 Å². The van der Waals surface area contributed by atoms with Gasteiger partial charge in [0.2, 0.25) is 0 Å². The van der Waals surface area contributed by atoms with Gasteiger partial charge in [0, 0.05) is 11.5 Å². The van der Waals surface area contributed by atoms with Crippen molar-refractivity contribution in [2.24, 2.45) is 5.41 Å². The number of carbonyl (C=O) groups excluding carboxylic acids is 1. The van der Waals surface area contributed by atoms with Crippen molar-refractivity contribution >= 4 is 5.78 Å². The maximum Gasteiger partial charge on any atom is 0.184 e. The van der Waals surface area contributed by atoms with Crippen LogP contribution in [0.3, 0.4) is 0 Å². The number of rotatable bonds is 3. The molecular formula is C19H17NO2. The number of Topliss-reactive ketones (excluding diaryl/α,β-unsaturated/α-hetero) is 1. The fraction of sp³-hybridized carbons (Fsp3) is 0.263. The summed E-state index contributed by atoms with van der Waals surface area (Å²) in [5, 5.41) is 9.89. The van der Waals surface area contributed by atoms with Gasteiger partial charge in [-0.15, -0.1) is 0 Å². The van der Waals surface area contributed by atoms with E-state index in [9.17, 15) is 10.1 Å². The second-order valence-corrected chi connectivity index (χ2v) is 5.81. The zero-order valence-corrected chi connectivity index (χ0v) is 12.5. The fourth-order valence-corrected chi connectivity index (χ4v) is 3.16. The lowest BCUT2D eigenvalue weighted by atomic mass is 9.63. The first-order valence-electron chi connectivity index (χ1n) is 7.37. The van der Waals surface area contributed by atoms with Gasteiger partial charge in [0.15, 0.2) is 5.78 Å². The quantitative estimate of drug-likeness (QED) is 0.618. The minimum atomic E-state index is -1.10. The van der Waals surface area contributed by atoms with Crippen molar-refractivity contribution < 1.29 is 9.21 Å². The van der Waals surface area contributed by atoms with Gasteiger partial charge in [-0.1, -0.05) is 42.0 Å². The summed E-state index contributed by atoms with van der Waals surface area (Å²) < 4.78 is 5.53. The minimum Gasteiger partial charge on any atom is -0.469 e. The molecule has 0 amide bonds. The molecule has 0 unspecified atom stereocenters. The summed E-state index contributed by atoms with van der Waals surface area (Å²) in [5.41, 5.74) is 0.667. The van der Waals surface area contributed by atoms with Crippen molar-refractivity contribution in [2.45, 2.75) is 25.7 Å². The van der Waals surface area contributed by atoms with Gasteiger partial charge in [-0.25, -0.2) is 0 Å². The number of furan rings is 1. The van der Waals surface area contributed by atoms with Crippen LogP contribution >= 0.6 is 0 Å². The van der Waals surface area contributed by atoms with Crippen LogP contribution in [0.1, 0.15) is 41.8 Å². The molecule has 3 rings (SSSR count). The molecule has 1 aromatic carbocycles. The lowest BCUT2D eigenvalue weighted by Crippen LogP contribution is -2.38. The maximum absolute atomic E-state index is 13.1. The van der Waals surface area contributed by atoms with Crippen LogP contribution in [0.2, 0.25) is 0 Å². The van der Waals surface area contributed by atoms with Gasteiger partial charge in [0.25, 0.3) is 0 Å². The number of nitrogens with zero attached hydrogens (tertiary/aromatic N) is 1. The summed E-state index contributed by atoms with van der Waals surface area (Å²) in [7, 11) is 0. The van der Waals surface area contributed by atoms with E-state index in [1.807, 2.05) is 37.3 Å². The fourth-order valence-electron chi connectivity index (χ4n) is 3.16. The molecule has 1 aliphatic carbocycles. The Morgan fingerprint density at radius 2 is 2.05 bits per heavy atom. The molecule has 1 heterocycles. The van der Waals surface area contributed by atoms with Gasteiger partial charge in [-0.2, -0.15) is 5.26 Å². The molecule has 0 radical (unpaired) electrons. The first kappa shape index (κ1) is 14.3. The van der Waals surface area contributed by atoms with E-state index in [0.29, 0.717) is 24.2 Å². The van der Waals surface area contributed by atoms with Crippen LogP contribution in [0, 0.1) is 16.7 Å². The lowest BCUT2D eigenvalue weighted by Gasteiger charge is -2.35. The molecule has 3 nitrogen and oxygen atoms in total. The van der Waals surface area contributed by atoms with Crippen molar-refractivity contribution in [1.29, 1.82) is 5.26 Å². The van der Waals surface area contributed by atoms with Crippen molar-refractivity contribution in [3.8, 4) is 6.07 Å². The number of nitriles is 1. The van der Waals surface area contributed by atoms with Gasteiger partial charge in [-0.3, -0.25) is 4.79 Å². The number of hydrogen-bond acceptors (Lipinski definition) is 3. The molecule has 0 saturated heterocycles. The second kappa shape index (κ2) is 5.65. The van der Waals surface area contributed by atoms with E-state index in [1.165, 1.54) is 5.57 Å². The summed E-state index contributed by atoms with van der Waals surface area (Å²) in [5.74, 6) is 0.337. The summed E-state index contributed by atoms with van der Waals surface area (Å²) in [6.45, 7) is 2.03. The Labute approximate surface area is 129 Å². The molecule has 0 fully saturated rings. The largest absolute Gasteiger partial charge is 0.469 e. The predicted molar refractivity (Wildman–Crippen MR) is 83.3 cm³/mol. The Hall–Kier alpha value is -2.60. The summed E-state index contributed by atoms with van der Waals surface area (Å²) in [6.07, 6.45) is 4.69.